The molecule has 15 heteroatoms. The van der Waals surface area contributed by atoms with Gasteiger partial charge >= 0.3 is 12.1 Å². The average Bonchev–Trinajstić information content (AvgIpc) is 3.77. The molecular formula is C40H48N8O7. The maximum Gasteiger partial charge on any atom is 0.434 e. The minimum Gasteiger partial charge on any atom is -0.508 e. The molecule has 0 atom stereocenters. The molecule has 0 unspecified atom stereocenters. The van der Waals surface area contributed by atoms with E-state index in [0.717, 1.165) is 42.4 Å². The number of benzene rings is 3. The molecule has 1 fully saturated rings. The number of phenolic OH excluding ortho intramolecular Hbond substituents is 2. The second-order valence-corrected chi connectivity index (χ2v) is 14.0. The number of para-hydroxylation sites is 1. The van der Waals surface area contributed by atoms with Gasteiger partial charge in [0.15, 0.2) is 5.82 Å². The van der Waals surface area contributed by atoms with Gasteiger partial charge in [0.1, 0.15) is 11.5 Å². The van der Waals surface area contributed by atoms with E-state index in [0.29, 0.717) is 62.4 Å². The Hall–Kier alpha value is -6.09. The Morgan fingerprint density at radius 2 is 1.53 bits per heavy atom. The number of hydroxylamine groups is 1. The first-order valence-electron chi connectivity index (χ1n) is 18.7. The monoisotopic (exact) mass is 752 g/mol. The molecule has 3 aromatic carbocycles. The molecule has 1 aliphatic rings. The van der Waals surface area contributed by atoms with Crippen molar-refractivity contribution in [3.63, 3.8) is 0 Å². The maximum absolute atomic E-state index is 12.6. The topological polar surface area (TPSA) is 187 Å². The molecule has 0 bridgehead atoms. The summed E-state index contributed by atoms with van der Waals surface area (Å²) in [5, 5.41) is 43.5. The van der Waals surface area contributed by atoms with Crippen LogP contribution in [0.3, 0.4) is 0 Å². The van der Waals surface area contributed by atoms with Gasteiger partial charge in [-0.15, -0.1) is 5.10 Å². The number of amides is 3. The molecule has 1 saturated heterocycles. The minimum absolute atomic E-state index is 0.00711. The van der Waals surface area contributed by atoms with Crippen LogP contribution in [-0.4, -0.2) is 95.1 Å². The van der Waals surface area contributed by atoms with E-state index in [1.165, 1.54) is 10.6 Å². The molecule has 3 heterocycles. The number of nitrogens with one attached hydrogen (secondary N) is 2. The van der Waals surface area contributed by atoms with E-state index >= 15 is 0 Å². The number of rotatable bonds is 14. The number of hydrogen-bond donors (Lipinski definition) is 5. The summed E-state index contributed by atoms with van der Waals surface area (Å²) in [6.45, 7) is 7.61. The van der Waals surface area contributed by atoms with Crippen LogP contribution in [0, 0.1) is 0 Å². The zero-order valence-corrected chi connectivity index (χ0v) is 31.1. The van der Waals surface area contributed by atoms with Crippen molar-refractivity contribution in [3.05, 3.63) is 78.5 Å². The first-order chi connectivity index (χ1) is 26.6. The quantitative estimate of drug-likeness (QED) is 0.0676. The summed E-state index contributed by atoms with van der Waals surface area (Å²) in [5.41, 5.74) is 5.63. The van der Waals surface area contributed by atoms with Gasteiger partial charge in [-0.2, -0.15) is 5.48 Å². The first-order valence-corrected chi connectivity index (χ1v) is 18.7. The number of unbranched alkanes of at least 4 members (excludes halogenated alkanes) is 3. The molecule has 0 spiro atoms. The second kappa shape index (κ2) is 17.8. The number of aromatic nitrogens is 4. The summed E-state index contributed by atoms with van der Waals surface area (Å²) in [7, 11) is 0. The molecule has 0 saturated carbocycles. The van der Waals surface area contributed by atoms with Gasteiger partial charge in [0, 0.05) is 81.0 Å². The van der Waals surface area contributed by atoms with E-state index in [-0.39, 0.29) is 47.5 Å². The fourth-order valence-corrected chi connectivity index (χ4v) is 6.73. The van der Waals surface area contributed by atoms with E-state index in [2.05, 4.69) is 30.5 Å². The van der Waals surface area contributed by atoms with Crippen molar-refractivity contribution in [1.29, 1.82) is 0 Å². The number of anilines is 1. The van der Waals surface area contributed by atoms with Crippen LogP contribution < -0.4 is 10.8 Å². The van der Waals surface area contributed by atoms with Gasteiger partial charge in [-0.05, 0) is 66.8 Å². The molecule has 55 heavy (non-hydrogen) atoms. The molecule has 1 aliphatic heterocycles. The van der Waals surface area contributed by atoms with E-state index in [4.69, 9.17) is 4.84 Å². The number of aromatic hydroxyl groups is 3. The smallest absolute Gasteiger partial charge is 0.434 e. The van der Waals surface area contributed by atoms with Crippen molar-refractivity contribution in [2.45, 2.75) is 64.8 Å². The van der Waals surface area contributed by atoms with Crippen LogP contribution in [0.4, 0.5) is 10.5 Å². The molecule has 2 aromatic heterocycles. The molecule has 290 valence electrons. The van der Waals surface area contributed by atoms with Crippen LogP contribution in [-0.2, 0) is 21.0 Å². The molecular weight excluding hydrogens is 704 g/mol. The summed E-state index contributed by atoms with van der Waals surface area (Å²) in [4.78, 5) is 45.8. The van der Waals surface area contributed by atoms with Crippen LogP contribution in [0.1, 0.15) is 63.9 Å². The first kappa shape index (κ1) is 38.6. The zero-order chi connectivity index (χ0) is 38.9. The highest BCUT2D eigenvalue weighted by Crippen LogP contribution is 2.39. The number of fused-ring (bicyclic) bond motifs is 1. The van der Waals surface area contributed by atoms with Gasteiger partial charge in [-0.1, -0.05) is 50.0 Å². The third kappa shape index (κ3) is 9.72. The van der Waals surface area contributed by atoms with E-state index in [1.54, 1.807) is 11.0 Å². The fourth-order valence-electron chi connectivity index (χ4n) is 6.73. The highest BCUT2D eigenvalue weighted by Gasteiger charge is 2.24. The maximum atomic E-state index is 12.6. The number of phenols is 2. The predicted octanol–water partition coefficient (Wildman–Crippen LogP) is 5.89. The Labute approximate surface area is 319 Å². The summed E-state index contributed by atoms with van der Waals surface area (Å²) in [6, 6.07) is 19.7. The molecule has 0 radical (unpaired) electrons. The number of piperazine rings is 1. The van der Waals surface area contributed by atoms with Gasteiger partial charge in [0.2, 0.25) is 5.91 Å². The summed E-state index contributed by atoms with van der Waals surface area (Å²) >= 11 is 0. The van der Waals surface area contributed by atoms with Crippen molar-refractivity contribution in [1.82, 2.24) is 34.6 Å². The molecule has 5 aromatic rings. The van der Waals surface area contributed by atoms with Crippen LogP contribution in [0.15, 0.2) is 72.9 Å². The fraction of sp³-hybridized carbons (Fsp3) is 0.375. The van der Waals surface area contributed by atoms with Gasteiger partial charge in [0.05, 0.1) is 11.3 Å². The SMILES string of the molecule is CC(C)c1cc(-c2nnc(O)n2-c2ccc3c(ccn3CCN3CCN(C(=O)ONC(=O)CCCCCCC(=O)Nc4ccccc4)CC3)c2)c(O)cc1O. The number of carbonyl (C=O) groups excluding carboxylic acids is 3. The minimum atomic E-state index is -0.576. The second-order valence-electron chi connectivity index (χ2n) is 14.0. The van der Waals surface area contributed by atoms with Crippen molar-refractivity contribution in [2.24, 2.45) is 0 Å². The van der Waals surface area contributed by atoms with Crippen LogP contribution >= 0.6 is 0 Å². The molecule has 15 nitrogen and oxygen atoms in total. The molecule has 0 aliphatic carbocycles. The Morgan fingerprint density at radius 3 is 2.25 bits per heavy atom. The number of carbonyl (C=O) groups is 3. The summed E-state index contributed by atoms with van der Waals surface area (Å²) in [6.07, 6.45) is 5.08. The summed E-state index contributed by atoms with van der Waals surface area (Å²) < 4.78 is 3.61. The molecule has 3 amide bonds. The number of nitrogens with zero attached hydrogens (tertiary/aromatic N) is 6. The Kier molecular flexibility index (Phi) is 12.5. The predicted molar refractivity (Wildman–Crippen MR) is 207 cm³/mol. The van der Waals surface area contributed by atoms with Gasteiger partial charge in [-0.3, -0.25) is 14.5 Å². The highest BCUT2D eigenvalue weighted by molar-refractivity contribution is 5.90. The summed E-state index contributed by atoms with van der Waals surface area (Å²) in [5.74, 6) is -0.334. The lowest BCUT2D eigenvalue weighted by molar-refractivity contribution is -0.130. The van der Waals surface area contributed by atoms with Crippen molar-refractivity contribution in [2.75, 3.05) is 38.0 Å². The largest absolute Gasteiger partial charge is 0.508 e. The highest BCUT2D eigenvalue weighted by atomic mass is 16.7. The van der Waals surface area contributed by atoms with E-state index < -0.39 is 6.09 Å². The third-order valence-corrected chi connectivity index (χ3v) is 9.82. The Morgan fingerprint density at radius 1 is 0.800 bits per heavy atom. The van der Waals surface area contributed by atoms with Crippen LogP contribution in [0.25, 0.3) is 28.0 Å². The van der Waals surface area contributed by atoms with Gasteiger partial charge in [0.25, 0.3) is 5.91 Å². The van der Waals surface area contributed by atoms with Crippen molar-refractivity contribution >= 4 is 34.5 Å². The standard InChI is InChI=1S/C40H48N8O7/c1-27(2)31-25-32(35(50)26-34(31)49)38-42-43-39(53)48(38)30-14-15-33-28(24-30)16-17-46(33)21-18-45-19-22-47(23-20-45)40(54)55-44-37(52)13-9-4-3-8-12-36(51)41-29-10-6-5-7-11-29/h5-7,10-11,14-17,24-27,49-50H,3-4,8-9,12-13,18-23H2,1-2H3,(H,41,51)(H,43,53)(H,44,52). The zero-order valence-electron chi connectivity index (χ0n) is 31.1. The van der Waals surface area contributed by atoms with E-state index in [1.807, 2.05) is 74.6 Å². The van der Waals surface area contributed by atoms with Crippen LogP contribution in [0.2, 0.25) is 0 Å². The number of hydrogen-bond acceptors (Lipinski definition) is 10. The third-order valence-electron chi connectivity index (χ3n) is 9.82. The van der Waals surface area contributed by atoms with Crippen molar-refractivity contribution < 1.29 is 34.5 Å². The molecule has 5 N–H and O–H groups in total. The molecule has 6 rings (SSSR count). The van der Waals surface area contributed by atoms with E-state index in [9.17, 15) is 29.7 Å². The lowest BCUT2D eigenvalue weighted by Crippen LogP contribution is -2.50. The van der Waals surface area contributed by atoms with Gasteiger partial charge < -0.3 is 34.9 Å². The van der Waals surface area contributed by atoms with Crippen molar-refractivity contribution in [3.8, 4) is 34.6 Å². The average molecular weight is 753 g/mol. The normalized spacial score (nSPS) is 13.3. The Balaban J connectivity index is 0.915. The lowest BCUT2D eigenvalue weighted by Gasteiger charge is -2.33. The van der Waals surface area contributed by atoms with Gasteiger partial charge in [-0.25, -0.2) is 9.36 Å². The van der Waals surface area contributed by atoms with Crippen LogP contribution in [0.5, 0.6) is 17.5 Å². The lowest BCUT2D eigenvalue weighted by atomic mass is 9.98. The Bertz CT molecular complexity index is 2110.